The van der Waals surface area contributed by atoms with E-state index in [0.717, 1.165) is 0 Å². The Labute approximate surface area is 117 Å². The number of nitrogens with one attached hydrogen (secondary N) is 1. The number of aromatic nitrogens is 2. The highest BCUT2D eigenvalue weighted by atomic mass is 19.3. The quantitative estimate of drug-likeness (QED) is 0.629. The van der Waals surface area contributed by atoms with Crippen LogP contribution in [0.5, 0.6) is 0 Å². The summed E-state index contributed by atoms with van der Waals surface area (Å²) in [4.78, 5) is 23.6. The van der Waals surface area contributed by atoms with Gasteiger partial charge in [0.1, 0.15) is 0 Å². The van der Waals surface area contributed by atoms with Gasteiger partial charge in [-0.2, -0.15) is 13.2 Å². The van der Waals surface area contributed by atoms with Crippen LogP contribution in [0.2, 0.25) is 0 Å². The van der Waals surface area contributed by atoms with E-state index >= 15 is 0 Å². The van der Waals surface area contributed by atoms with E-state index in [1.165, 1.54) is 4.98 Å². The maximum atomic E-state index is 13.9. The molecule has 0 bridgehead atoms. The monoisotopic (exact) mass is 332 g/mol. The van der Waals surface area contributed by atoms with Crippen molar-refractivity contribution in [3.05, 3.63) is 32.9 Å². The number of hydrogen-bond donors (Lipinski definition) is 3. The molecule has 1 aromatic heterocycles. The second kappa shape index (κ2) is 5.14. The van der Waals surface area contributed by atoms with Crippen LogP contribution in [0.4, 0.5) is 22.0 Å². The van der Waals surface area contributed by atoms with Crippen LogP contribution in [0.1, 0.15) is 6.23 Å². The Bertz CT molecular complexity index is 689. The fourth-order valence-electron chi connectivity index (χ4n) is 2.05. The molecule has 1 aromatic rings. The third-order valence-electron chi connectivity index (χ3n) is 3.28. The molecule has 0 aromatic carbocycles. The minimum atomic E-state index is -4.46. The molecule has 1 aliphatic heterocycles. The van der Waals surface area contributed by atoms with E-state index in [4.69, 9.17) is 5.11 Å². The molecule has 1 fully saturated rings. The first-order valence-corrected chi connectivity index (χ1v) is 5.71. The number of hydrogen-bond acceptors (Lipinski definition) is 5. The predicted molar refractivity (Wildman–Crippen MR) is 58.2 cm³/mol. The molecule has 2 rings (SSSR count). The lowest BCUT2D eigenvalue weighted by atomic mass is 9.96. The van der Waals surface area contributed by atoms with Gasteiger partial charge in [-0.05, 0) is 0 Å². The molecule has 0 aliphatic carbocycles. The summed E-state index contributed by atoms with van der Waals surface area (Å²) in [6.07, 6.45) is -9.71. The third kappa shape index (κ3) is 2.14. The standard InChI is InChI=1S/C10H9F5N2O5/c11-3-1-17(8(21)16-4(3)19)7-10(14,15)5(20)9(2-18,22-7)6(12)13/h1,5-7,18,20H,2H2,(H,16,19,21)/t5-,7-,9-/m1/s1. The molecule has 22 heavy (non-hydrogen) atoms. The molecule has 7 nitrogen and oxygen atoms in total. The van der Waals surface area contributed by atoms with E-state index in [9.17, 15) is 36.6 Å². The van der Waals surface area contributed by atoms with Gasteiger partial charge in [-0.3, -0.25) is 14.3 Å². The Kier molecular flexibility index (Phi) is 3.87. The van der Waals surface area contributed by atoms with Gasteiger partial charge in [-0.25, -0.2) is 13.6 Å². The first-order chi connectivity index (χ1) is 10.1. The molecule has 3 N–H and O–H groups in total. The molecular formula is C10H9F5N2O5. The van der Waals surface area contributed by atoms with Crippen molar-refractivity contribution in [3.8, 4) is 0 Å². The van der Waals surface area contributed by atoms with Crippen LogP contribution < -0.4 is 11.2 Å². The van der Waals surface area contributed by atoms with E-state index < -0.39 is 54.0 Å². The topological polar surface area (TPSA) is 105 Å². The van der Waals surface area contributed by atoms with Crippen LogP contribution in [0, 0.1) is 5.82 Å². The molecule has 1 saturated heterocycles. The van der Waals surface area contributed by atoms with Gasteiger partial charge in [0.05, 0.1) is 12.8 Å². The van der Waals surface area contributed by atoms with E-state index in [1.807, 2.05) is 0 Å². The van der Waals surface area contributed by atoms with E-state index in [1.54, 1.807) is 0 Å². The number of alkyl halides is 4. The average Bonchev–Trinajstić information content (AvgIpc) is 2.63. The zero-order valence-corrected chi connectivity index (χ0v) is 10.5. The SMILES string of the molecule is O=c1[nH]c(=O)n([C@@H]2O[C@@](CO)(C(F)F)[C@@H](O)C2(F)F)cc1F. The summed E-state index contributed by atoms with van der Waals surface area (Å²) in [5.41, 5.74) is -6.43. The van der Waals surface area contributed by atoms with E-state index in [2.05, 4.69) is 4.74 Å². The zero-order valence-electron chi connectivity index (χ0n) is 10.5. The Balaban J connectivity index is 2.60. The van der Waals surface area contributed by atoms with Crippen LogP contribution in [0.3, 0.4) is 0 Å². The van der Waals surface area contributed by atoms with Crippen molar-refractivity contribution >= 4 is 0 Å². The zero-order chi connectivity index (χ0) is 16.9. The number of aliphatic hydroxyl groups is 2. The third-order valence-corrected chi connectivity index (χ3v) is 3.28. The average molecular weight is 332 g/mol. The van der Waals surface area contributed by atoms with Crippen molar-refractivity contribution in [3.63, 3.8) is 0 Å². The summed E-state index contributed by atoms with van der Waals surface area (Å²) >= 11 is 0. The lowest BCUT2D eigenvalue weighted by molar-refractivity contribution is -0.196. The van der Waals surface area contributed by atoms with Crippen molar-refractivity contribution in [1.82, 2.24) is 9.55 Å². The van der Waals surface area contributed by atoms with Gasteiger partial charge in [-0.1, -0.05) is 0 Å². The van der Waals surface area contributed by atoms with Gasteiger partial charge in [-0.15, -0.1) is 0 Å². The summed E-state index contributed by atoms with van der Waals surface area (Å²) in [5, 5.41) is 18.3. The number of H-pyrrole nitrogens is 1. The van der Waals surface area contributed by atoms with Crippen molar-refractivity contribution in [2.45, 2.75) is 30.3 Å². The molecular weight excluding hydrogens is 323 g/mol. The molecule has 0 radical (unpaired) electrons. The highest BCUT2D eigenvalue weighted by Gasteiger charge is 2.70. The summed E-state index contributed by atoms with van der Waals surface area (Å²) < 4.78 is 71.0. The molecule has 0 unspecified atom stereocenters. The van der Waals surface area contributed by atoms with Crippen molar-refractivity contribution in [2.75, 3.05) is 6.61 Å². The van der Waals surface area contributed by atoms with Crippen molar-refractivity contribution < 1.29 is 36.9 Å². The molecule has 1 aliphatic rings. The molecule has 2 heterocycles. The maximum absolute atomic E-state index is 13.9. The Morgan fingerprint density at radius 1 is 1.41 bits per heavy atom. The number of halogens is 5. The predicted octanol–water partition coefficient (Wildman–Crippen LogP) is -0.803. The lowest BCUT2D eigenvalue weighted by Gasteiger charge is -2.28. The smallest absolute Gasteiger partial charge is 0.330 e. The lowest BCUT2D eigenvalue weighted by Crippen LogP contribution is -2.53. The summed E-state index contributed by atoms with van der Waals surface area (Å²) in [6, 6.07) is 0. The number of aliphatic hydroxyl groups excluding tert-OH is 2. The largest absolute Gasteiger partial charge is 0.393 e. The number of ether oxygens (including phenoxy) is 1. The van der Waals surface area contributed by atoms with Crippen molar-refractivity contribution in [1.29, 1.82) is 0 Å². The van der Waals surface area contributed by atoms with Gasteiger partial charge >= 0.3 is 11.6 Å². The Morgan fingerprint density at radius 2 is 2.00 bits per heavy atom. The Hall–Kier alpha value is -1.79. The fourth-order valence-corrected chi connectivity index (χ4v) is 2.05. The van der Waals surface area contributed by atoms with Crippen LogP contribution in [0.25, 0.3) is 0 Å². The molecule has 0 amide bonds. The highest BCUT2D eigenvalue weighted by molar-refractivity contribution is 5.07. The molecule has 124 valence electrons. The van der Waals surface area contributed by atoms with E-state index in [-0.39, 0.29) is 10.8 Å². The number of rotatable bonds is 3. The minimum absolute atomic E-state index is 0.0331. The van der Waals surface area contributed by atoms with Gasteiger partial charge in [0, 0.05) is 0 Å². The van der Waals surface area contributed by atoms with Crippen LogP contribution >= 0.6 is 0 Å². The van der Waals surface area contributed by atoms with Crippen molar-refractivity contribution in [2.24, 2.45) is 0 Å². The summed E-state index contributed by atoms with van der Waals surface area (Å²) in [7, 11) is 0. The number of nitrogens with zero attached hydrogens (tertiary/aromatic N) is 1. The second-order valence-corrected chi connectivity index (χ2v) is 4.60. The molecule has 12 heteroatoms. The second-order valence-electron chi connectivity index (χ2n) is 4.60. The molecule has 0 saturated carbocycles. The van der Waals surface area contributed by atoms with Gasteiger partial charge in [0.15, 0.2) is 11.7 Å². The first kappa shape index (κ1) is 16.6. The van der Waals surface area contributed by atoms with E-state index in [0.29, 0.717) is 0 Å². The number of aromatic amines is 1. The van der Waals surface area contributed by atoms with Gasteiger partial charge in [0.25, 0.3) is 12.0 Å². The fraction of sp³-hybridized carbons (Fsp3) is 0.600. The maximum Gasteiger partial charge on any atom is 0.330 e. The highest BCUT2D eigenvalue weighted by Crippen LogP contribution is 2.49. The molecule has 0 spiro atoms. The summed E-state index contributed by atoms with van der Waals surface area (Å²) in [5.74, 6) is -6.11. The normalized spacial score (nSPS) is 30.9. The van der Waals surface area contributed by atoms with Gasteiger partial charge in [0.2, 0.25) is 12.0 Å². The van der Waals surface area contributed by atoms with Crippen LogP contribution in [-0.4, -0.2) is 50.4 Å². The summed E-state index contributed by atoms with van der Waals surface area (Å²) in [6.45, 7) is -1.68. The molecule has 3 atom stereocenters. The Morgan fingerprint density at radius 3 is 2.45 bits per heavy atom. The minimum Gasteiger partial charge on any atom is -0.393 e. The first-order valence-electron chi connectivity index (χ1n) is 5.71. The van der Waals surface area contributed by atoms with Crippen LogP contribution in [-0.2, 0) is 4.74 Å². The van der Waals surface area contributed by atoms with Crippen LogP contribution in [0.15, 0.2) is 15.8 Å². The van der Waals surface area contributed by atoms with Gasteiger partial charge < -0.3 is 14.9 Å².